The number of ether oxygens (including phenoxy) is 1. The summed E-state index contributed by atoms with van der Waals surface area (Å²) in [4.78, 5) is 3.98. The van der Waals surface area contributed by atoms with Crippen molar-refractivity contribution < 1.29 is 4.74 Å². The van der Waals surface area contributed by atoms with Gasteiger partial charge < -0.3 is 4.74 Å². The van der Waals surface area contributed by atoms with Crippen LogP contribution in [0.4, 0.5) is 0 Å². The Balaban J connectivity index is 1.91. The van der Waals surface area contributed by atoms with Crippen LogP contribution in [0.15, 0.2) is 49.1 Å². The molecule has 1 aromatic carbocycles. The molecule has 3 rings (SSSR count). The number of aromatic nitrogens is 2. The normalized spacial score (nSPS) is 17.9. The van der Waals surface area contributed by atoms with E-state index in [2.05, 4.69) is 23.2 Å². The summed E-state index contributed by atoms with van der Waals surface area (Å²) < 4.78 is 7.56. The molecule has 1 aliphatic rings. The zero-order valence-corrected chi connectivity index (χ0v) is 13.7. The number of nitriles is 1. The minimum atomic E-state index is -0.597. The lowest BCUT2D eigenvalue weighted by Crippen LogP contribution is -2.43. The number of rotatable bonds is 3. The molecule has 0 saturated heterocycles. The van der Waals surface area contributed by atoms with Crippen molar-refractivity contribution in [1.29, 1.82) is 5.26 Å². The third-order valence-corrected chi connectivity index (χ3v) is 4.95. The highest BCUT2D eigenvalue weighted by molar-refractivity contribution is 7.80. The second kappa shape index (κ2) is 6.93. The monoisotopic (exact) mass is 325 g/mol. The Morgan fingerprint density at radius 1 is 1.26 bits per heavy atom. The van der Waals surface area contributed by atoms with Gasteiger partial charge in [0.25, 0.3) is 5.17 Å². The summed E-state index contributed by atoms with van der Waals surface area (Å²) in [7, 11) is 0. The lowest BCUT2D eigenvalue weighted by atomic mass is 9.66. The molecule has 0 radical (unpaired) electrons. The van der Waals surface area contributed by atoms with Gasteiger partial charge in [-0.05, 0) is 30.6 Å². The summed E-state index contributed by atoms with van der Waals surface area (Å²) in [6.45, 7) is 0. The van der Waals surface area contributed by atoms with Crippen LogP contribution in [0.3, 0.4) is 0 Å². The average Bonchev–Trinajstić information content (AvgIpc) is 3.15. The van der Waals surface area contributed by atoms with E-state index in [1.165, 1.54) is 12.0 Å². The summed E-state index contributed by atoms with van der Waals surface area (Å²) >= 11 is 5.34. The van der Waals surface area contributed by atoms with E-state index in [4.69, 9.17) is 17.0 Å². The summed E-state index contributed by atoms with van der Waals surface area (Å²) in [6.07, 6.45) is 9.68. The molecule has 23 heavy (non-hydrogen) atoms. The molecule has 2 aromatic rings. The summed E-state index contributed by atoms with van der Waals surface area (Å²) in [6, 6.07) is 12.6. The number of thiocarbonyl (C=S) groups is 1. The van der Waals surface area contributed by atoms with Crippen molar-refractivity contribution in [3.8, 4) is 6.07 Å². The standard InChI is InChI=1S/C18H19N3OS/c19-13-16(22-17(23)21-12-11-20-14-21)18(9-5-2-6-10-18)15-7-3-1-4-8-15/h1,3-4,7-8,11-12,14,16H,2,5-6,9-10H2. The topological polar surface area (TPSA) is 50.8 Å². The molecule has 0 spiro atoms. The van der Waals surface area contributed by atoms with Gasteiger partial charge in [0, 0.05) is 17.8 Å². The van der Waals surface area contributed by atoms with Gasteiger partial charge in [-0.1, -0.05) is 49.6 Å². The third-order valence-electron chi connectivity index (χ3n) is 4.65. The van der Waals surface area contributed by atoms with Crippen LogP contribution in [0.1, 0.15) is 37.7 Å². The zero-order valence-electron chi connectivity index (χ0n) is 12.9. The minimum Gasteiger partial charge on any atom is -0.451 e. The van der Waals surface area contributed by atoms with E-state index >= 15 is 0 Å². The van der Waals surface area contributed by atoms with Gasteiger partial charge in [-0.2, -0.15) is 5.26 Å². The molecular formula is C18H19N3OS. The Hall–Kier alpha value is -2.19. The second-order valence-corrected chi connectivity index (χ2v) is 6.29. The highest BCUT2D eigenvalue weighted by Gasteiger charge is 2.43. The fourth-order valence-electron chi connectivity index (χ4n) is 3.45. The quantitative estimate of drug-likeness (QED) is 0.805. The van der Waals surface area contributed by atoms with Gasteiger partial charge in [-0.15, -0.1) is 0 Å². The molecule has 1 atom stereocenters. The fourth-order valence-corrected chi connectivity index (χ4v) is 3.65. The first-order chi connectivity index (χ1) is 11.3. The van der Waals surface area contributed by atoms with Crippen molar-refractivity contribution in [2.24, 2.45) is 0 Å². The molecule has 118 valence electrons. The van der Waals surface area contributed by atoms with E-state index in [-0.39, 0.29) is 10.6 Å². The molecular weight excluding hydrogens is 306 g/mol. The Bertz CT molecular complexity index is 685. The predicted octanol–water partition coefficient (Wildman–Crippen LogP) is 3.83. The minimum absolute atomic E-state index is 0.273. The number of nitrogens with zero attached hydrogens (tertiary/aromatic N) is 3. The lowest BCUT2D eigenvalue weighted by molar-refractivity contribution is 0.106. The van der Waals surface area contributed by atoms with Crippen LogP contribution >= 0.6 is 12.2 Å². The maximum atomic E-state index is 9.79. The van der Waals surface area contributed by atoms with E-state index in [0.29, 0.717) is 0 Å². The number of hydrogen-bond acceptors (Lipinski definition) is 4. The second-order valence-electron chi connectivity index (χ2n) is 5.95. The fraction of sp³-hybridized carbons (Fsp3) is 0.389. The Kier molecular flexibility index (Phi) is 4.73. The van der Waals surface area contributed by atoms with Gasteiger partial charge in [0.2, 0.25) is 0 Å². The molecule has 1 aliphatic carbocycles. The molecule has 0 N–H and O–H groups in total. The maximum absolute atomic E-state index is 9.79. The van der Waals surface area contributed by atoms with Crippen molar-refractivity contribution in [1.82, 2.24) is 9.55 Å². The van der Waals surface area contributed by atoms with Gasteiger partial charge in [0.05, 0.1) is 0 Å². The Morgan fingerprint density at radius 2 is 2.00 bits per heavy atom. The first kappa shape index (κ1) is 15.7. The first-order valence-electron chi connectivity index (χ1n) is 7.90. The van der Waals surface area contributed by atoms with Gasteiger partial charge >= 0.3 is 0 Å². The van der Waals surface area contributed by atoms with Crippen molar-refractivity contribution in [3.05, 3.63) is 54.6 Å². The molecule has 4 nitrogen and oxygen atoms in total. The number of hydrogen-bond donors (Lipinski definition) is 0. The average molecular weight is 325 g/mol. The molecule has 0 bridgehead atoms. The SMILES string of the molecule is N#CC(OC(=S)n1ccnc1)C1(c2ccccc2)CCCCC1. The van der Waals surface area contributed by atoms with Crippen molar-refractivity contribution in [2.45, 2.75) is 43.6 Å². The highest BCUT2D eigenvalue weighted by atomic mass is 32.1. The van der Waals surface area contributed by atoms with Crippen LogP contribution in [0.25, 0.3) is 0 Å². The Morgan fingerprint density at radius 3 is 2.61 bits per heavy atom. The van der Waals surface area contributed by atoms with E-state index in [1.54, 1.807) is 23.3 Å². The zero-order chi connectivity index (χ0) is 16.1. The largest absolute Gasteiger partial charge is 0.451 e. The highest BCUT2D eigenvalue weighted by Crippen LogP contribution is 2.43. The third kappa shape index (κ3) is 3.13. The van der Waals surface area contributed by atoms with Gasteiger partial charge in [-0.25, -0.2) is 4.98 Å². The van der Waals surface area contributed by atoms with Crippen LogP contribution in [-0.4, -0.2) is 20.8 Å². The molecule has 0 amide bonds. The van der Waals surface area contributed by atoms with Crippen molar-refractivity contribution >= 4 is 17.4 Å². The summed E-state index contributed by atoms with van der Waals surface area (Å²) in [5.74, 6) is 0. The number of benzene rings is 1. The van der Waals surface area contributed by atoms with Crippen LogP contribution in [0.2, 0.25) is 0 Å². The van der Waals surface area contributed by atoms with Gasteiger partial charge in [0.1, 0.15) is 12.4 Å². The molecule has 0 aliphatic heterocycles. The van der Waals surface area contributed by atoms with Crippen LogP contribution in [-0.2, 0) is 10.2 Å². The van der Waals surface area contributed by atoms with E-state index in [0.717, 1.165) is 25.7 Å². The van der Waals surface area contributed by atoms with E-state index in [1.807, 2.05) is 18.2 Å². The predicted molar refractivity (Wildman–Crippen MR) is 91.9 cm³/mol. The lowest BCUT2D eigenvalue weighted by Gasteiger charge is -2.40. The number of imidazole rings is 1. The van der Waals surface area contributed by atoms with Crippen LogP contribution in [0, 0.1) is 11.3 Å². The molecule has 1 saturated carbocycles. The summed E-state index contributed by atoms with van der Waals surface area (Å²) in [5, 5.41) is 10.1. The van der Waals surface area contributed by atoms with Crippen molar-refractivity contribution in [3.63, 3.8) is 0 Å². The maximum Gasteiger partial charge on any atom is 0.270 e. The smallest absolute Gasteiger partial charge is 0.270 e. The van der Waals surface area contributed by atoms with Crippen molar-refractivity contribution in [2.75, 3.05) is 0 Å². The molecule has 1 aromatic heterocycles. The molecule has 1 fully saturated rings. The molecule has 1 heterocycles. The molecule has 1 unspecified atom stereocenters. The first-order valence-corrected chi connectivity index (χ1v) is 8.31. The Labute approximate surface area is 141 Å². The van der Waals surface area contributed by atoms with E-state index in [9.17, 15) is 5.26 Å². The van der Waals surface area contributed by atoms with Crippen LogP contribution in [0.5, 0.6) is 0 Å². The van der Waals surface area contributed by atoms with Gasteiger partial charge in [0.15, 0.2) is 6.10 Å². The summed E-state index contributed by atoms with van der Waals surface area (Å²) in [5.41, 5.74) is 0.874. The van der Waals surface area contributed by atoms with Crippen LogP contribution < -0.4 is 0 Å². The molecule has 5 heteroatoms. The van der Waals surface area contributed by atoms with E-state index < -0.39 is 6.10 Å². The van der Waals surface area contributed by atoms with Gasteiger partial charge in [-0.3, -0.25) is 4.57 Å².